The van der Waals surface area contributed by atoms with Crippen LogP contribution in [0.3, 0.4) is 0 Å². The van der Waals surface area contributed by atoms with Gasteiger partial charge in [-0.05, 0) is 62.2 Å². The zero-order valence-corrected chi connectivity index (χ0v) is 20.3. The van der Waals surface area contributed by atoms with Gasteiger partial charge in [-0.25, -0.2) is 4.79 Å². The summed E-state index contributed by atoms with van der Waals surface area (Å²) in [4.78, 5) is 44.7. The number of nitrogens with one attached hydrogen (secondary N) is 3. The third kappa shape index (κ3) is 8.03. The van der Waals surface area contributed by atoms with Gasteiger partial charge in [-0.3, -0.25) is 19.8 Å². The molecule has 0 spiro atoms. The van der Waals surface area contributed by atoms with E-state index in [-0.39, 0.29) is 12.4 Å². The van der Waals surface area contributed by atoms with Gasteiger partial charge >= 0.3 is 12.0 Å². The maximum atomic E-state index is 12.6. The van der Waals surface area contributed by atoms with Crippen LogP contribution in [0.4, 0.5) is 16.4 Å². The maximum Gasteiger partial charge on any atom is 0.326 e. The molecule has 10 nitrogen and oxygen atoms in total. The van der Waals surface area contributed by atoms with Crippen LogP contribution in [-0.2, 0) is 11.3 Å². The predicted octanol–water partition coefficient (Wildman–Crippen LogP) is 3.40. The number of anilines is 2. The van der Waals surface area contributed by atoms with Gasteiger partial charge in [0.15, 0.2) is 0 Å². The molecule has 0 atom stereocenters. The Labute approximate surface area is 209 Å². The first-order valence-electron chi connectivity index (χ1n) is 11.8. The lowest BCUT2D eigenvalue weighted by atomic mass is 10.1. The Balaban J connectivity index is 1.62. The summed E-state index contributed by atoms with van der Waals surface area (Å²) in [6, 6.07) is 14.4. The minimum Gasteiger partial charge on any atom is -0.481 e. The van der Waals surface area contributed by atoms with Crippen molar-refractivity contribution in [2.75, 3.05) is 30.3 Å². The molecule has 3 aromatic rings. The third-order valence-electron chi connectivity index (χ3n) is 5.64. The average molecular weight is 493 g/mol. The van der Waals surface area contributed by atoms with Crippen LogP contribution in [0.1, 0.15) is 30.4 Å². The van der Waals surface area contributed by atoms with E-state index in [1.165, 1.54) is 6.20 Å². The number of nitrogens with two attached hydrogens (primary N) is 1. The molecule has 6 N–H and O–H groups in total. The minimum atomic E-state index is -0.801. The Morgan fingerprint density at radius 1 is 1.06 bits per heavy atom. The molecule has 190 valence electrons. The van der Waals surface area contributed by atoms with Crippen molar-refractivity contribution >= 4 is 23.6 Å². The van der Waals surface area contributed by atoms with Crippen molar-refractivity contribution in [3.8, 4) is 11.1 Å². The number of carboxylic acids is 1. The van der Waals surface area contributed by atoms with Gasteiger partial charge in [-0.15, -0.1) is 0 Å². The fourth-order valence-electron chi connectivity index (χ4n) is 3.73. The smallest absolute Gasteiger partial charge is 0.326 e. The number of H-pyrrole nitrogens is 1. The summed E-state index contributed by atoms with van der Waals surface area (Å²) >= 11 is 0. The fourth-order valence-corrected chi connectivity index (χ4v) is 3.73. The normalized spacial score (nSPS) is 10.9. The molecular formula is C26H32N6O4. The number of urea groups is 1. The van der Waals surface area contributed by atoms with Gasteiger partial charge < -0.3 is 21.1 Å². The van der Waals surface area contributed by atoms with E-state index >= 15 is 0 Å². The maximum absolute atomic E-state index is 12.6. The van der Waals surface area contributed by atoms with Crippen LogP contribution in [0.5, 0.6) is 0 Å². The van der Waals surface area contributed by atoms with E-state index in [0.717, 1.165) is 24.1 Å². The molecule has 2 aromatic carbocycles. The molecule has 0 fully saturated rings. The SMILES string of the molecule is Cc1ccccc1NC(=O)Nc1nc(=O)c(-c2ccc(CN(CCCN)CCCC(=O)O)cc2)c[nH]1. The van der Waals surface area contributed by atoms with Crippen molar-refractivity contribution in [1.29, 1.82) is 0 Å². The first kappa shape index (κ1) is 26.6. The highest BCUT2D eigenvalue weighted by atomic mass is 16.4. The quantitative estimate of drug-likeness (QED) is 0.260. The van der Waals surface area contributed by atoms with E-state index in [1.807, 2.05) is 49.4 Å². The van der Waals surface area contributed by atoms with Crippen molar-refractivity contribution in [3.05, 3.63) is 76.2 Å². The van der Waals surface area contributed by atoms with Crippen LogP contribution >= 0.6 is 0 Å². The molecule has 36 heavy (non-hydrogen) atoms. The van der Waals surface area contributed by atoms with Gasteiger partial charge in [0.05, 0.1) is 5.56 Å². The van der Waals surface area contributed by atoms with E-state index in [2.05, 4.69) is 25.5 Å². The van der Waals surface area contributed by atoms with Gasteiger partial charge in [0, 0.05) is 24.8 Å². The number of nitrogens with zero attached hydrogens (tertiary/aromatic N) is 2. The third-order valence-corrected chi connectivity index (χ3v) is 5.64. The number of carbonyl (C=O) groups excluding carboxylic acids is 1. The second kappa shape index (κ2) is 13.2. The lowest BCUT2D eigenvalue weighted by Crippen LogP contribution is -2.27. The standard InChI is InChI=1S/C26H32N6O4/c1-18-6-2-3-7-22(18)29-26(36)31-25-28-16-21(24(35)30-25)20-11-9-19(10-12-20)17-32(15-5-13-27)14-4-8-23(33)34/h2-3,6-7,9-12,16H,4-5,8,13-15,17,27H2,1H3,(H,33,34)(H3,28,29,30,31,35,36). The van der Waals surface area contributed by atoms with Crippen LogP contribution in [0.15, 0.2) is 59.5 Å². The number of amides is 2. The van der Waals surface area contributed by atoms with Gasteiger partial charge in [0.1, 0.15) is 0 Å². The van der Waals surface area contributed by atoms with Gasteiger partial charge in [0.2, 0.25) is 5.95 Å². The molecule has 0 saturated heterocycles. The number of aryl methyl sites for hydroxylation is 1. The Kier molecular flexibility index (Phi) is 9.73. The largest absolute Gasteiger partial charge is 0.481 e. The van der Waals surface area contributed by atoms with Gasteiger partial charge in [0.25, 0.3) is 5.56 Å². The molecule has 0 radical (unpaired) electrons. The number of rotatable bonds is 12. The van der Waals surface area contributed by atoms with Crippen LogP contribution in [0, 0.1) is 6.92 Å². The van der Waals surface area contributed by atoms with E-state index in [4.69, 9.17) is 10.8 Å². The fraction of sp³-hybridized carbons (Fsp3) is 0.308. The number of aromatic amines is 1. The number of hydrogen-bond acceptors (Lipinski definition) is 6. The van der Waals surface area contributed by atoms with Crippen LogP contribution in [0.25, 0.3) is 11.1 Å². The average Bonchev–Trinajstić information content (AvgIpc) is 2.84. The van der Waals surface area contributed by atoms with E-state index in [1.54, 1.807) is 6.07 Å². The highest BCUT2D eigenvalue weighted by Crippen LogP contribution is 2.18. The summed E-state index contributed by atoms with van der Waals surface area (Å²) < 4.78 is 0. The number of carboxylic acid groups (broad SMARTS) is 1. The van der Waals surface area contributed by atoms with Crippen LogP contribution < -0.4 is 21.9 Å². The zero-order valence-electron chi connectivity index (χ0n) is 20.3. The molecule has 0 aliphatic rings. The molecule has 1 heterocycles. The monoisotopic (exact) mass is 492 g/mol. The van der Waals surface area contributed by atoms with Crippen molar-refractivity contribution < 1.29 is 14.7 Å². The summed E-state index contributed by atoms with van der Waals surface area (Å²) in [5, 5.41) is 14.2. The number of carbonyl (C=O) groups is 2. The van der Waals surface area contributed by atoms with Crippen LogP contribution in [0.2, 0.25) is 0 Å². The summed E-state index contributed by atoms with van der Waals surface area (Å²) in [5.41, 5.74) is 8.87. The first-order valence-corrected chi connectivity index (χ1v) is 11.8. The molecule has 0 aliphatic heterocycles. The number of para-hydroxylation sites is 1. The molecule has 2 amide bonds. The lowest BCUT2D eigenvalue weighted by Gasteiger charge is -2.22. The Morgan fingerprint density at radius 3 is 2.44 bits per heavy atom. The zero-order chi connectivity index (χ0) is 25.9. The molecule has 0 bridgehead atoms. The van der Waals surface area contributed by atoms with E-state index in [9.17, 15) is 14.4 Å². The van der Waals surface area contributed by atoms with Gasteiger partial charge in [-0.1, -0.05) is 42.5 Å². The molecule has 3 rings (SSSR count). The molecule has 0 saturated carbocycles. The second-order valence-electron chi connectivity index (χ2n) is 8.47. The van der Waals surface area contributed by atoms with Crippen LogP contribution in [-0.4, -0.2) is 51.6 Å². The van der Waals surface area contributed by atoms with Gasteiger partial charge in [-0.2, -0.15) is 4.98 Å². The highest BCUT2D eigenvalue weighted by Gasteiger charge is 2.11. The summed E-state index contributed by atoms with van der Waals surface area (Å²) in [6.07, 6.45) is 3.05. The Morgan fingerprint density at radius 2 is 1.78 bits per heavy atom. The minimum absolute atomic E-state index is 0.0448. The highest BCUT2D eigenvalue weighted by molar-refractivity contribution is 5.99. The molecule has 0 aliphatic carbocycles. The molecule has 0 unspecified atom stereocenters. The predicted molar refractivity (Wildman–Crippen MR) is 140 cm³/mol. The Bertz CT molecular complexity index is 1230. The second-order valence-corrected chi connectivity index (χ2v) is 8.47. The number of aliphatic carboxylic acids is 1. The van der Waals surface area contributed by atoms with E-state index < -0.39 is 17.6 Å². The molecule has 10 heteroatoms. The number of benzene rings is 2. The number of aromatic nitrogens is 2. The van der Waals surface area contributed by atoms with Crippen molar-refractivity contribution in [3.63, 3.8) is 0 Å². The summed E-state index contributed by atoms with van der Waals surface area (Å²) in [6.45, 7) is 4.57. The van der Waals surface area contributed by atoms with Crippen molar-refractivity contribution in [2.45, 2.75) is 32.7 Å². The lowest BCUT2D eigenvalue weighted by molar-refractivity contribution is -0.137. The summed E-state index contributed by atoms with van der Waals surface area (Å²) in [7, 11) is 0. The number of hydrogen-bond donors (Lipinski definition) is 5. The van der Waals surface area contributed by atoms with Crippen molar-refractivity contribution in [1.82, 2.24) is 14.9 Å². The van der Waals surface area contributed by atoms with E-state index in [0.29, 0.717) is 42.9 Å². The van der Waals surface area contributed by atoms with Crippen molar-refractivity contribution in [2.24, 2.45) is 5.73 Å². The Hall–Kier alpha value is -4.02. The molecule has 1 aromatic heterocycles. The topological polar surface area (TPSA) is 153 Å². The first-order chi connectivity index (χ1) is 17.4. The summed E-state index contributed by atoms with van der Waals surface area (Å²) in [5.74, 6) is -0.756. The molecular weight excluding hydrogens is 460 g/mol.